The molecular formula is C23H16FN3O4. The van der Waals surface area contributed by atoms with Crippen LogP contribution in [0.1, 0.15) is 21.5 Å². The molecule has 0 aliphatic rings. The normalized spacial score (nSPS) is 10.3. The first-order valence-corrected chi connectivity index (χ1v) is 9.07. The average molecular weight is 417 g/mol. The smallest absolute Gasteiger partial charge is 0.343 e. The minimum Gasteiger partial charge on any atom is -0.482 e. The van der Waals surface area contributed by atoms with Gasteiger partial charge in [0.2, 0.25) is 0 Å². The number of para-hydroxylation sites is 1. The van der Waals surface area contributed by atoms with Crippen LogP contribution in [0.2, 0.25) is 0 Å². The second-order valence-electron chi connectivity index (χ2n) is 6.16. The number of hydrazone groups is 1. The Kier molecular flexibility index (Phi) is 7.06. The predicted molar refractivity (Wildman–Crippen MR) is 110 cm³/mol. The molecule has 0 saturated heterocycles. The molecular weight excluding hydrogens is 401 g/mol. The van der Waals surface area contributed by atoms with E-state index in [9.17, 15) is 14.0 Å². The van der Waals surface area contributed by atoms with Gasteiger partial charge in [0.1, 0.15) is 23.4 Å². The fraction of sp³-hybridized carbons (Fsp3) is 0.0435. The number of ether oxygens (including phenoxy) is 2. The zero-order valence-electron chi connectivity index (χ0n) is 16.1. The number of nitriles is 1. The van der Waals surface area contributed by atoms with Gasteiger partial charge in [-0.05, 0) is 48.0 Å². The number of carbonyl (C=O) groups is 2. The van der Waals surface area contributed by atoms with Crippen molar-refractivity contribution in [1.29, 1.82) is 5.26 Å². The molecule has 31 heavy (non-hydrogen) atoms. The van der Waals surface area contributed by atoms with Gasteiger partial charge in [0, 0.05) is 0 Å². The molecule has 0 atom stereocenters. The van der Waals surface area contributed by atoms with E-state index in [0.717, 1.165) is 6.07 Å². The number of nitrogens with zero attached hydrogens (tertiary/aromatic N) is 2. The van der Waals surface area contributed by atoms with E-state index in [1.54, 1.807) is 42.5 Å². The van der Waals surface area contributed by atoms with E-state index >= 15 is 0 Å². The molecule has 0 bridgehead atoms. The number of carbonyl (C=O) groups excluding carboxylic acids is 2. The summed E-state index contributed by atoms with van der Waals surface area (Å²) in [4.78, 5) is 24.0. The molecule has 3 aromatic carbocycles. The van der Waals surface area contributed by atoms with Crippen LogP contribution in [0.15, 0.2) is 77.9 Å². The van der Waals surface area contributed by atoms with Crippen LogP contribution in [-0.2, 0) is 4.79 Å². The molecule has 1 amide bonds. The van der Waals surface area contributed by atoms with Crippen molar-refractivity contribution in [2.45, 2.75) is 0 Å². The summed E-state index contributed by atoms with van der Waals surface area (Å²) in [6, 6.07) is 20.1. The Labute approximate surface area is 177 Å². The van der Waals surface area contributed by atoms with Crippen LogP contribution in [0.4, 0.5) is 4.39 Å². The van der Waals surface area contributed by atoms with Gasteiger partial charge in [-0.2, -0.15) is 10.4 Å². The lowest BCUT2D eigenvalue weighted by Gasteiger charge is -2.06. The molecule has 0 saturated carbocycles. The Morgan fingerprint density at radius 2 is 1.87 bits per heavy atom. The second-order valence-corrected chi connectivity index (χ2v) is 6.16. The summed E-state index contributed by atoms with van der Waals surface area (Å²) in [5, 5.41) is 12.8. The predicted octanol–water partition coefficient (Wildman–Crippen LogP) is 3.45. The number of nitrogens with one attached hydrogen (secondary N) is 1. The van der Waals surface area contributed by atoms with E-state index < -0.39 is 17.7 Å². The SMILES string of the molecule is N#Cc1ccccc1OCC(=O)NN=Cc1cccc(OC(=O)c2cccc(F)c2)c1. The third-order valence-electron chi connectivity index (χ3n) is 3.90. The maximum absolute atomic E-state index is 13.2. The highest BCUT2D eigenvalue weighted by atomic mass is 19.1. The van der Waals surface area contributed by atoms with Gasteiger partial charge < -0.3 is 9.47 Å². The molecule has 0 aliphatic heterocycles. The van der Waals surface area contributed by atoms with E-state index in [-0.39, 0.29) is 17.9 Å². The van der Waals surface area contributed by atoms with Crippen molar-refractivity contribution in [2.75, 3.05) is 6.61 Å². The van der Waals surface area contributed by atoms with Gasteiger partial charge in [-0.25, -0.2) is 14.6 Å². The van der Waals surface area contributed by atoms with Gasteiger partial charge in [0.25, 0.3) is 5.91 Å². The standard InChI is InChI=1S/C23H16FN3O4/c24-19-8-4-7-17(12-19)23(29)31-20-9-3-5-16(11-20)14-26-27-22(28)15-30-21-10-2-1-6-18(21)13-25/h1-12,14H,15H2,(H,27,28). The summed E-state index contributed by atoms with van der Waals surface area (Å²) in [6.07, 6.45) is 1.36. The molecule has 0 spiro atoms. The first-order chi connectivity index (χ1) is 15.0. The molecule has 3 rings (SSSR count). The minimum atomic E-state index is -0.698. The monoisotopic (exact) mass is 417 g/mol. The molecule has 0 unspecified atom stereocenters. The van der Waals surface area contributed by atoms with E-state index in [1.165, 1.54) is 30.5 Å². The highest BCUT2D eigenvalue weighted by Crippen LogP contribution is 2.16. The first-order valence-electron chi connectivity index (χ1n) is 9.07. The highest BCUT2D eigenvalue weighted by molar-refractivity contribution is 5.91. The molecule has 0 radical (unpaired) electrons. The quantitative estimate of drug-likeness (QED) is 0.275. The van der Waals surface area contributed by atoms with Crippen LogP contribution >= 0.6 is 0 Å². The van der Waals surface area contributed by atoms with Gasteiger partial charge in [0.05, 0.1) is 17.3 Å². The molecule has 0 heterocycles. The third kappa shape index (κ3) is 6.24. The Bertz CT molecular complexity index is 1170. The highest BCUT2D eigenvalue weighted by Gasteiger charge is 2.10. The van der Waals surface area contributed by atoms with Crippen LogP contribution < -0.4 is 14.9 Å². The number of benzene rings is 3. The maximum atomic E-state index is 13.2. The number of amides is 1. The molecule has 8 heteroatoms. The zero-order valence-corrected chi connectivity index (χ0v) is 16.1. The van der Waals surface area contributed by atoms with Crippen LogP contribution in [0, 0.1) is 17.1 Å². The summed E-state index contributed by atoms with van der Waals surface area (Å²) >= 11 is 0. The summed E-state index contributed by atoms with van der Waals surface area (Å²) in [7, 11) is 0. The van der Waals surface area contributed by atoms with Crippen LogP contribution in [0.3, 0.4) is 0 Å². The fourth-order valence-corrected chi connectivity index (χ4v) is 2.48. The molecule has 154 valence electrons. The minimum absolute atomic E-state index is 0.0873. The Hall–Kier alpha value is -4.51. The largest absolute Gasteiger partial charge is 0.482 e. The lowest BCUT2D eigenvalue weighted by atomic mass is 10.2. The lowest BCUT2D eigenvalue weighted by Crippen LogP contribution is -2.24. The van der Waals surface area contributed by atoms with Crippen molar-refractivity contribution < 1.29 is 23.5 Å². The summed E-state index contributed by atoms with van der Waals surface area (Å²) in [5.41, 5.74) is 3.27. The van der Waals surface area contributed by atoms with Crippen LogP contribution in [-0.4, -0.2) is 24.7 Å². The van der Waals surface area contributed by atoms with Crippen molar-refractivity contribution >= 4 is 18.1 Å². The Morgan fingerprint density at radius 3 is 2.68 bits per heavy atom. The fourth-order valence-electron chi connectivity index (χ4n) is 2.48. The van der Waals surface area contributed by atoms with Gasteiger partial charge >= 0.3 is 5.97 Å². The summed E-state index contributed by atoms with van der Waals surface area (Å²) in [6.45, 7) is -0.318. The van der Waals surface area contributed by atoms with Crippen molar-refractivity contribution in [2.24, 2.45) is 5.10 Å². The van der Waals surface area contributed by atoms with Crippen LogP contribution in [0.5, 0.6) is 11.5 Å². The molecule has 3 aromatic rings. The van der Waals surface area contributed by atoms with Gasteiger partial charge in [-0.1, -0.05) is 30.3 Å². The van der Waals surface area contributed by atoms with Gasteiger partial charge in [-0.15, -0.1) is 0 Å². The third-order valence-corrected chi connectivity index (χ3v) is 3.90. The van der Waals surface area contributed by atoms with Crippen molar-refractivity contribution in [1.82, 2.24) is 5.43 Å². The Morgan fingerprint density at radius 1 is 1.06 bits per heavy atom. The summed E-state index contributed by atoms with van der Waals surface area (Å²) in [5.74, 6) is -1.21. The van der Waals surface area contributed by atoms with E-state index in [2.05, 4.69) is 10.5 Å². The topological polar surface area (TPSA) is 101 Å². The maximum Gasteiger partial charge on any atom is 0.343 e. The Balaban J connectivity index is 1.53. The van der Waals surface area contributed by atoms with Crippen molar-refractivity contribution in [3.63, 3.8) is 0 Å². The molecule has 0 aliphatic carbocycles. The van der Waals surface area contributed by atoms with E-state index in [1.807, 2.05) is 6.07 Å². The number of hydrogen-bond acceptors (Lipinski definition) is 6. The zero-order chi connectivity index (χ0) is 22.1. The molecule has 0 fully saturated rings. The molecule has 1 N–H and O–H groups in total. The van der Waals surface area contributed by atoms with Crippen LogP contribution in [0.25, 0.3) is 0 Å². The van der Waals surface area contributed by atoms with Gasteiger partial charge in [-0.3, -0.25) is 4.79 Å². The second kappa shape index (κ2) is 10.3. The summed E-state index contributed by atoms with van der Waals surface area (Å²) < 4.78 is 23.8. The number of hydrogen-bond donors (Lipinski definition) is 1. The first kappa shape index (κ1) is 21.2. The number of rotatable bonds is 7. The average Bonchev–Trinajstić information content (AvgIpc) is 2.78. The van der Waals surface area contributed by atoms with Gasteiger partial charge in [0.15, 0.2) is 6.61 Å². The van der Waals surface area contributed by atoms with E-state index in [0.29, 0.717) is 16.9 Å². The molecule has 7 nitrogen and oxygen atoms in total. The molecule has 0 aromatic heterocycles. The lowest BCUT2D eigenvalue weighted by molar-refractivity contribution is -0.123. The number of esters is 1. The van der Waals surface area contributed by atoms with Crippen molar-refractivity contribution in [3.8, 4) is 17.6 Å². The number of halogens is 1. The van der Waals surface area contributed by atoms with E-state index in [4.69, 9.17) is 14.7 Å². The van der Waals surface area contributed by atoms with Crippen molar-refractivity contribution in [3.05, 3.63) is 95.3 Å².